The molecule has 0 saturated carbocycles. The van der Waals surface area contributed by atoms with Crippen molar-refractivity contribution in [1.82, 2.24) is 78.1 Å². The number of carbonyl (C=O) groups excluding carboxylic acids is 2. The molecule has 111 heavy (non-hydrogen) atoms. The molecule has 584 valence electrons. The van der Waals surface area contributed by atoms with Crippen LogP contribution in [0, 0.1) is 0 Å². The standard InChI is InChI=1S/C15H16N4OS.C13H12ClN3OS.C12H11ClN4S.C12H12N4OS.C7H9ClN4.C5H3ClOS.C4H3Cl2N3.C3H7N.2CH4/c1-3-7-18-10-16-14-12(15(18)20)17-13(19(14)8-4-2)11-6-5-9-21-11;1-2-5-15-13-9(12(14)16-8-17-13)7-10(18)11-4-3-6-19-11;1-2-5-17-11(8-4-3-6-18-8)16-9-10(13)14-7-15-12(9)17;1-2-5-16-7-13-11-9(12(16)17)14-10(15-11)8-4-3-6-18-8;1-2-3-10-7-5(9)6(8)11-4-12-7;6-5(7)4-2-1-3-8-4;5-3-2(7)4(6)9-1-8-3;1-2-3-4;;/h4-6,9-10H,2-3,7-8H2,1H3;2-4,6,8H,1,5,7H2,(H,15,16,17);2-4,6-7,10H,1,5H2,(H,14,15);3-4,6-7H,2,5H2,1H3,(H,14,15);2,4H,1,3,9H2,(H,10,11,12);1-3H;1H,7H2;2H,1,3-4H2;2*1H4. The molecule has 1 atom stereocenters. The van der Waals surface area contributed by atoms with Crippen molar-refractivity contribution in [3.8, 4) is 32.1 Å². The number of Topliss-reactive ketones (excluding diaryl/α,β-unsaturated/α-hetero) is 1. The minimum Gasteiger partial charge on any atom is -0.394 e. The summed E-state index contributed by atoms with van der Waals surface area (Å²) in [5.74, 6) is 4.40. The highest BCUT2D eigenvalue weighted by molar-refractivity contribution is 7.14. The molecule has 13 aromatic rings. The van der Waals surface area contributed by atoms with Crippen LogP contribution in [0.4, 0.5) is 28.8 Å². The SMILES string of the molecule is C.C.C=CCN.C=CCNc1ncnc(Cl)c1CC(=O)c1cccs1.C=CCNc1ncnc(Cl)c1N.C=CCn1c(-c2cccs2)nc2c(=O)n(CCC)cnc21.C=CCn1c(-c2cccs2)nc2c1NC=NC2Cl.CCCn1cnc2nc(-c3cccs3)[nH]c2c1=O.Nc1c(Cl)ncnc1Cl.O=C(Cl)c1cccs1. The third kappa shape index (κ3) is 26.1. The highest BCUT2D eigenvalue weighted by Gasteiger charge is 2.25. The number of alkyl halides is 1. The summed E-state index contributed by atoms with van der Waals surface area (Å²) >= 11 is 41.5. The number of aromatic amines is 1. The van der Waals surface area contributed by atoms with E-state index in [2.05, 4.69) is 118 Å². The maximum absolute atomic E-state index is 12.5. The number of allylic oxidation sites excluding steroid dienone is 2. The molecule has 1 unspecified atom stereocenters. The van der Waals surface area contributed by atoms with E-state index in [0.717, 1.165) is 50.6 Å². The average Bonchev–Trinajstić information content (AvgIpc) is 1.64. The number of hydrogen-bond donors (Lipinski definition) is 7. The largest absolute Gasteiger partial charge is 0.394 e. The lowest BCUT2D eigenvalue weighted by Crippen LogP contribution is -2.20. The van der Waals surface area contributed by atoms with E-state index in [1.807, 2.05) is 93.9 Å². The number of fused-ring (bicyclic) bond motifs is 3. The number of aromatic nitrogens is 16. The molecule has 1 aliphatic heterocycles. The monoisotopic (exact) mass is 1710 g/mol. The molecule has 0 aliphatic carbocycles. The van der Waals surface area contributed by atoms with Gasteiger partial charge in [0.1, 0.15) is 65.5 Å². The van der Waals surface area contributed by atoms with Crippen LogP contribution in [0.2, 0.25) is 20.6 Å². The topological polar surface area (TPSA) is 372 Å². The fourth-order valence-electron chi connectivity index (χ4n) is 9.09. The van der Waals surface area contributed by atoms with E-state index >= 15 is 0 Å². The Labute approximate surface area is 691 Å². The third-order valence-corrected chi connectivity index (χ3v) is 20.2. The van der Waals surface area contributed by atoms with Crippen LogP contribution < -0.4 is 44.3 Å². The lowest BCUT2D eigenvalue weighted by atomic mass is 10.1. The fraction of sp³-hybridized carbons (Fsp3) is 0.205. The van der Waals surface area contributed by atoms with Gasteiger partial charge in [-0.1, -0.05) is 147 Å². The van der Waals surface area contributed by atoms with Crippen molar-refractivity contribution >= 4 is 195 Å². The molecular formula is C73H81Cl6N23O4S5. The summed E-state index contributed by atoms with van der Waals surface area (Å²) in [5, 5.41) is 19.3. The van der Waals surface area contributed by atoms with Gasteiger partial charge < -0.3 is 47.3 Å². The molecule has 38 heteroatoms. The van der Waals surface area contributed by atoms with E-state index in [1.165, 1.54) is 41.7 Å². The van der Waals surface area contributed by atoms with Gasteiger partial charge in [-0.2, -0.15) is 0 Å². The maximum Gasteiger partial charge on any atom is 0.281 e. The Balaban J connectivity index is 0.000000233. The first-order valence-electron chi connectivity index (χ1n) is 32.5. The quantitative estimate of drug-likeness (QED) is 0.00827. The van der Waals surface area contributed by atoms with Crippen LogP contribution in [0.1, 0.15) is 77.6 Å². The first kappa shape index (κ1) is 91.7. The number of rotatable bonds is 22. The summed E-state index contributed by atoms with van der Waals surface area (Å²) in [4.78, 5) is 104. The van der Waals surface area contributed by atoms with Gasteiger partial charge in [0.05, 0.1) is 30.7 Å². The molecule has 0 amide bonds. The number of nitrogens with two attached hydrogens (primary N) is 3. The number of nitrogens with one attached hydrogen (secondary N) is 4. The Bertz CT molecular complexity index is 5220. The van der Waals surface area contributed by atoms with Gasteiger partial charge in [0.15, 0.2) is 72.4 Å². The smallest absolute Gasteiger partial charge is 0.281 e. The number of carbonyl (C=O) groups is 2. The number of thiophene rings is 5. The Hall–Kier alpha value is -9.94. The van der Waals surface area contributed by atoms with Crippen LogP contribution >= 0.6 is 126 Å². The van der Waals surface area contributed by atoms with Crippen LogP contribution in [0.15, 0.2) is 197 Å². The fourth-order valence-corrected chi connectivity index (χ4v) is 13.5. The Morgan fingerprint density at radius 2 is 1.09 bits per heavy atom. The van der Waals surface area contributed by atoms with Gasteiger partial charge in [-0.3, -0.25) is 28.3 Å². The van der Waals surface area contributed by atoms with Crippen molar-refractivity contribution in [1.29, 1.82) is 0 Å². The number of H-pyrrole nitrogens is 1. The lowest BCUT2D eigenvalue weighted by Gasteiger charge is -2.13. The molecule has 0 saturated heterocycles. The lowest BCUT2D eigenvalue weighted by molar-refractivity contribution is 0.0996. The highest BCUT2D eigenvalue weighted by atomic mass is 35.5. The molecule has 1 aliphatic rings. The van der Waals surface area contributed by atoms with E-state index in [9.17, 15) is 19.2 Å². The van der Waals surface area contributed by atoms with Crippen molar-refractivity contribution in [2.24, 2.45) is 10.7 Å². The molecule has 0 fully saturated rings. The summed E-state index contributed by atoms with van der Waals surface area (Å²) in [5.41, 5.74) is 19.2. The van der Waals surface area contributed by atoms with Gasteiger partial charge in [-0.15, -0.1) is 89.6 Å². The molecule has 0 spiro atoms. The number of ketones is 1. The zero-order valence-corrected chi connectivity index (χ0v) is 67.1. The zero-order chi connectivity index (χ0) is 78.8. The molecule has 13 aromatic heterocycles. The number of halogens is 6. The summed E-state index contributed by atoms with van der Waals surface area (Å²) in [6.45, 7) is 26.5. The number of aliphatic imine (C=N–C) groups is 1. The van der Waals surface area contributed by atoms with Gasteiger partial charge in [0, 0.05) is 57.8 Å². The van der Waals surface area contributed by atoms with E-state index in [1.54, 1.807) is 105 Å². The second-order valence-corrected chi connectivity index (χ2v) is 28.4. The van der Waals surface area contributed by atoms with E-state index in [4.69, 9.17) is 86.8 Å². The zero-order valence-electron chi connectivity index (χ0n) is 58.5. The molecule has 27 nitrogen and oxygen atoms in total. The predicted octanol–water partition coefficient (Wildman–Crippen LogP) is 18.1. The second-order valence-electron chi connectivity index (χ2n) is 21.5. The first-order chi connectivity index (χ1) is 52.8. The Morgan fingerprint density at radius 3 is 1.60 bits per heavy atom. The van der Waals surface area contributed by atoms with Crippen molar-refractivity contribution in [2.45, 2.75) is 79.6 Å². The Kier molecular flexibility index (Phi) is 39.6. The number of aryl methyl sites for hydroxylation is 2. The number of nitrogen functional groups attached to an aromatic ring is 2. The molecule has 0 radical (unpaired) electrons. The van der Waals surface area contributed by atoms with Crippen LogP contribution in [-0.2, 0) is 32.6 Å². The highest BCUT2D eigenvalue weighted by Crippen LogP contribution is 2.37. The summed E-state index contributed by atoms with van der Waals surface area (Å²) in [6, 6.07) is 19.1. The summed E-state index contributed by atoms with van der Waals surface area (Å²) in [7, 11) is 0. The van der Waals surface area contributed by atoms with E-state index in [0.29, 0.717) is 112 Å². The van der Waals surface area contributed by atoms with Gasteiger partial charge in [0.2, 0.25) is 0 Å². The number of anilines is 5. The first-order valence-corrected chi connectivity index (χ1v) is 39.2. The van der Waals surface area contributed by atoms with Crippen molar-refractivity contribution in [3.05, 3.63) is 245 Å². The van der Waals surface area contributed by atoms with Gasteiger partial charge >= 0.3 is 0 Å². The molecule has 10 N–H and O–H groups in total. The predicted molar refractivity (Wildman–Crippen MR) is 466 cm³/mol. The minimum absolute atomic E-state index is 0. The second kappa shape index (κ2) is 48.0. The van der Waals surface area contributed by atoms with E-state index < -0.39 is 5.50 Å². The van der Waals surface area contributed by atoms with Crippen LogP contribution in [0.3, 0.4) is 0 Å². The van der Waals surface area contributed by atoms with Crippen LogP contribution in [0.25, 0.3) is 54.4 Å². The number of nitrogens with zero attached hydrogens (tertiary/aromatic N) is 16. The maximum atomic E-state index is 12.5. The van der Waals surface area contributed by atoms with Crippen molar-refractivity contribution in [2.75, 3.05) is 47.1 Å². The molecule has 0 aromatic carbocycles. The van der Waals surface area contributed by atoms with E-state index in [-0.39, 0.29) is 64.6 Å². The van der Waals surface area contributed by atoms with Crippen molar-refractivity contribution < 1.29 is 9.59 Å². The van der Waals surface area contributed by atoms with Crippen molar-refractivity contribution in [3.63, 3.8) is 0 Å². The van der Waals surface area contributed by atoms with Gasteiger partial charge in [-0.05, 0) is 81.7 Å². The Morgan fingerprint density at radius 1 is 0.595 bits per heavy atom. The van der Waals surface area contributed by atoms with Gasteiger partial charge in [-0.25, -0.2) is 59.8 Å². The summed E-state index contributed by atoms with van der Waals surface area (Å²) < 4.78 is 7.23. The molecule has 0 bridgehead atoms. The summed E-state index contributed by atoms with van der Waals surface area (Å²) in [6.07, 6.45) is 19.4. The third-order valence-electron chi connectivity index (χ3n) is 14.0. The minimum atomic E-state index is -0.425. The molecule has 14 rings (SSSR count). The molecule has 14 heterocycles. The number of imidazole rings is 3. The molecular weight excluding hydrogens is 1640 g/mol. The average molecular weight is 1720 g/mol. The van der Waals surface area contributed by atoms with Crippen LogP contribution in [-0.4, -0.2) is 115 Å². The normalized spacial score (nSPS) is 11.1. The van der Waals surface area contributed by atoms with Crippen LogP contribution in [0.5, 0.6) is 0 Å². The van der Waals surface area contributed by atoms with Gasteiger partial charge in [0.25, 0.3) is 16.4 Å². The number of hydrogen-bond acceptors (Lipinski definition) is 27.